The van der Waals surface area contributed by atoms with Crippen LogP contribution in [-0.2, 0) is 0 Å². The molecule has 0 aliphatic carbocycles. The predicted molar refractivity (Wildman–Crippen MR) is 103 cm³/mol. The molecule has 1 aliphatic rings. The summed E-state index contributed by atoms with van der Waals surface area (Å²) >= 11 is 0. The molecule has 0 saturated carbocycles. The Morgan fingerprint density at radius 2 is 1.84 bits per heavy atom. The van der Waals surface area contributed by atoms with E-state index in [9.17, 15) is 4.79 Å². The van der Waals surface area contributed by atoms with Gasteiger partial charge in [-0.3, -0.25) is 9.78 Å². The van der Waals surface area contributed by atoms with Crippen molar-refractivity contribution in [2.24, 2.45) is 5.92 Å². The summed E-state index contributed by atoms with van der Waals surface area (Å²) in [6.45, 7) is 7.39. The van der Waals surface area contributed by atoms with Crippen molar-refractivity contribution in [3.8, 4) is 0 Å². The SMILES string of the molecule is CC(C)CNc1ccnc(C(=O)Nc2ccc(N3CCCC3)cc2)c1. The molecular formula is C20H26N4O. The van der Waals surface area contributed by atoms with E-state index in [0.717, 1.165) is 31.0 Å². The first-order valence-corrected chi connectivity index (χ1v) is 8.98. The second kappa shape index (κ2) is 8.01. The summed E-state index contributed by atoms with van der Waals surface area (Å²) in [6, 6.07) is 11.7. The number of hydrogen-bond acceptors (Lipinski definition) is 4. The summed E-state index contributed by atoms with van der Waals surface area (Å²) in [4.78, 5) is 19.0. The zero-order valence-corrected chi connectivity index (χ0v) is 15.0. The summed E-state index contributed by atoms with van der Waals surface area (Å²) in [6.07, 6.45) is 4.17. The van der Waals surface area contributed by atoms with Gasteiger partial charge in [-0.2, -0.15) is 0 Å². The molecule has 0 radical (unpaired) electrons. The summed E-state index contributed by atoms with van der Waals surface area (Å²) in [5.74, 6) is 0.349. The molecule has 0 unspecified atom stereocenters. The largest absolute Gasteiger partial charge is 0.385 e. The standard InChI is InChI=1S/C20H26N4O/c1-15(2)14-22-17-9-10-21-19(13-17)20(25)23-16-5-7-18(8-6-16)24-11-3-4-12-24/h5-10,13,15H,3-4,11-12,14H2,1-2H3,(H,21,22)(H,23,25). The number of amides is 1. The maximum atomic E-state index is 12.4. The van der Waals surface area contributed by atoms with Crippen LogP contribution in [0.1, 0.15) is 37.2 Å². The lowest BCUT2D eigenvalue weighted by molar-refractivity contribution is 0.102. The molecule has 132 valence electrons. The number of aromatic nitrogens is 1. The van der Waals surface area contributed by atoms with Crippen LogP contribution < -0.4 is 15.5 Å². The van der Waals surface area contributed by atoms with Crippen LogP contribution in [0.2, 0.25) is 0 Å². The summed E-state index contributed by atoms with van der Waals surface area (Å²) in [5.41, 5.74) is 3.33. The first-order valence-electron chi connectivity index (χ1n) is 8.98. The highest BCUT2D eigenvalue weighted by Crippen LogP contribution is 2.22. The topological polar surface area (TPSA) is 57.3 Å². The monoisotopic (exact) mass is 338 g/mol. The summed E-state index contributed by atoms with van der Waals surface area (Å²) in [5, 5.41) is 6.24. The fraction of sp³-hybridized carbons (Fsp3) is 0.400. The van der Waals surface area contributed by atoms with E-state index in [0.29, 0.717) is 11.6 Å². The minimum atomic E-state index is -0.192. The van der Waals surface area contributed by atoms with E-state index in [-0.39, 0.29) is 5.91 Å². The zero-order valence-electron chi connectivity index (χ0n) is 15.0. The van der Waals surface area contributed by atoms with E-state index < -0.39 is 0 Å². The quantitative estimate of drug-likeness (QED) is 0.836. The molecule has 5 nitrogen and oxygen atoms in total. The van der Waals surface area contributed by atoms with E-state index in [2.05, 4.69) is 46.5 Å². The van der Waals surface area contributed by atoms with Gasteiger partial charge in [0, 0.05) is 42.9 Å². The van der Waals surface area contributed by atoms with Gasteiger partial charge in [-0.15, -0.1) is 0 Å². The van der Waals surface area contributed by atoms with Gasteiger partial charge >= 0.3 is 0 Å². The van der Waals surface area contributed by atoms with E-state index in [1.807, 2.05) is 18.2 Å². The lowest BCUT2D eigenvalue weighted by Crippen LogP contribution is -2.18. The molecule has 0 spiro atoms. The lowest BCUT2D eigenvalue weighted by Gasteiger charge is -2.17. The Morgan fingerprint density at radius 1 is 1.12 bits per heavy atom. The highest BCUT2D eigenvalue weighted by Gasteiger charge is 2.13. The molecule has 0 bridgehead atoms. The van der Waals surface area contributed by atoms with Gasteiger partial charge in [0.1, 0.15) is 5.69 Å². The van der Waals surface area contributed by atoms with E-state index in [1.54, 1.807) is 12.3 Å². The Bertz CT molecular complexity index is 706. The molecule has 2 heterocycles. The Hall–Kier alpha value is -2.56. The summed E-state index contributed by atoms with van der Waals surface area (Å²) in [7, 11) is 0. The van der Waals surface area contributed by atoms with Crippen molar-refractivity contribution in [2.45, 2.75) is 26.7 Å². The molecule has 2 aromatic rings. The minimum absolute atomic E-state index is 0.192. The third kappa shape index (κ3) is 4.72. The molecule has 1 fully saturated rings. The summed E-state index contributed by atoms with van der Waals surface area (Å²) < 4.78 is 0. The smallest absolute Gasteiger partial charge is 0.274 e. The van der Waals surface area contributed by atoms with Crippen LogP contribution in [0, 0.1) is 5.92 Å². The van der Waals surface area contributed by atoms with Crippen LogP contribution in [0.4, 0.5) is 17.1 Å². The second-order valence-electron chi connectivity index (χ2n) is 6.90. The van der Waals surface area contributed by atoms with Gasteiger partial charge in [-0.1, -0.05) is 13.8 Å². The lowest BCUT2D eigenvalue weighted by atomic mass is 10.2. The van der Waals surface area contributed by atoms with Crippen molar-refractivity contribution in [2.75, 3.05) is 35.2 Å². The number of rotatable bonds is 6. The Morgan fingerprint density at radius 3 is 2.52 bits per heavy atom. The minimum Gasteiger partial charge on any atom is -0.385 e. The number of carbonyl (C=O) groups is 1. The number of pyridine rings is 1. The van der Waals surface area contributed by atoms with Crippen molar-refractivity contribution in [3.05, 3.63) is 48.3 Å². The van der Waals surface area contributed by atoms with Crippen molar-refractivity contribution in [1.29, 1.82) is 0 Å². The van der Waals surface area contributed by atoms with Crippen LogP contribution in [0.15, 0.2) is 42.6 Å². The molecule has 1 aromatic heterocycles. The van der Waals surface area contributed by atoms with Crippen molar-refractivity contribution >= 4 is 23.0 Å². The number of nitrogens with zero attached hydrogens (tertiary/aromatic N) is 2. The first-order chi connectivity index (χ1) is 12.1. The molecule has 1 saturated heterocycles. The van der Waals surface area contributed by atoms with Gasteiger partial charge in [-0.25, -0.2) is 0 Å². The van der Waals surface area contributed by atoms with Gasteiger partial charge < -0.3 is 15.5 Å². The molecule has 5 heteroatoms. The molecule has 1 amide bonds. The van der Waals surface area contributed by atoms with Crippen LogP contribution in [0.25, 0.3) is 0 Å². The molecule has 1 aliphatic heterocycles. The molecule has 1 aromatic carbocycles. The third-order valence-electron chi connectivity index (χ3n) is 4.30. The molecule has 0 atom stereocenters. The van der Waals surface area contributed by atoms with Gasteiger partial charge in [-0.05, 0) is 55.2 Å². The van der Waals surface area contributed by atoms with Crippen LogP contribution in [0.3, 0.4) is 0 Å². The molecule has 25 heavy (non-hydrogen) atoms. The third-order valence-corrected chi connectivity index (χ3v) is 4.30. The average molecular weight is 338 g/mol. The van der Waals surface area contributed by atoms with E-state index >= 15 is 0 Å². The maximum absolute atomic E-state index is 12.4. The Balaban J connectivity index is 1.62. The maximum Gasteiger partial charge on any atom is 0.274 e. The number of carbonyl (C=O) groups excluding carboxylic acids is 1. The van der Waals surface area contributed by atoms with Gasteiger partial charge in [0.2, 0.25) is 0 Å². The van der Waals surface area contributed by atoms with Gasteiger partial charge in [0.25, 0.3) is 5.91 Å². The van der Waals surface area contributed by atoms with Gasteiger partial charge in [0.05, 0.1) is 0 Å². The van der Waals surface area contributed by atoms with Crippen LogP contribution in [0.5, 0.6) is 0 Å². The van der Waals surface area contributed by atoms with Crippen molar-refractivity contribution in [1.82, 2.24) is 4.98 Å². The Labute approximate surface area is 149 Å². The molecule has 3 rings (SSSR count). The van der Waals surface area contributed by atoms with Crippen molar-refractivity contribution in [3.63, 3.8) is 0 Å². The second-order valence-corrected chi connectivity index (χ2v) is 6.90. The van der Waals surface area contributed by atoms with E-state index in [1.165, 1.54) is 18.5 Å². The fourth-order valence-corrected chi connectivity index (χ4v) is 2.91. The molecule has 2 N–H and O–H groups in total. The normalized spacial score (nSPS) is 14.0. The Kier molecular flexibility index (Phi) is 5.53. The fourth-order valence-electron chi connectivity index (χ4n) is 2.91. The number of anilines is 3. The zero-order chi connectivity index (χ0) is 17.6. The number of hydrogen-bond donors (Lipinski definition) is 2. The highest BCUT2D eigenvalue weighted by atomic mass is 16.1. The number of benzene rings is 1. The first kappa shape index (κ1) is 17.3. The average Bonchev–Trinajstić information content (AvgIpc) is 3.15. The van der Waals surface area contributed by atoms with Gasteiger partial charge in [0.15, 0.2) is 0 Å². The predicted octanol–water partition coefficient (Wildman–Crippen LogP) is 4.00. The number of nitrogens with one attached hydrogen (secondary N) is 2. The van der Waals surface area contributed by atoms with Crippen LogP contribution >= 0.6 is 0 Å². The van der Waals surface area contributed by atoms with E-state index in [4.69, 9.17) is 0 Å². The highest BCUT2D eigenvalue weighted by molar-refractivity contribution is 6.03. The van der Waals surface area contributed by atoms with Crippen molar-refractivity contribution < 1.29 is 4.79 Å². The van der Waals surface area contributed by atoms with Crippen LogP contribution in [-0.4, -0.2) is 30.5 Å². The molecular weight excluding hydrogens is 312 g/mol.